The second-order valence-corrected chi connectivity index (χ2v) is 4.64. The van der Waals surface area contributed by atoms with E-state index < -0.39 is 6.10 Å². The van der Waals surface area contributed by atoms with Crippen molar-refractivity contribution in [1.82, 2.24) is 0 Å². The van der Waals surface area contributed by atoms with Crippen LogP contribution in [0.4, 0.5) is 0 Å². The van der Waals surface area contributed by atoms with Gasteiger partial charge in [-0.2, -0.15) is 0 Å². The van der Waals surface area contributed by atoms with Crippen LogP contribution in [0.5, 0.6) is 0 Å². The van der Waals surface area contributed by atoms with Crippen molar-refractivity contribution >= 4 is 23.2 Å². The first kappa shape index (κ1) is 13.6. The number of rotatable bonds is 5. The minimum absolute atomic E-state index is 0.0312. The van der Waals surface area contributed by atoms with E-state index >= 15 is 0 Å². The summed E-state index contributed by atoms with van der Waals surface area (Å²) in [6, 6.07) is 5.15. The van der Waals surface area contributed by atoms with Crippen LogP contribution in [-0.4, -0.2) is 5.11 Å². The lowest BCUT2D eigenvalue weighted by Crippen LogP contribution is -2.10. The molecule has 1 N–H and O–H groups in total. The Morgan fingerprint density at radius 1 is 1.44 bits per heavy atom. The third-order valence-electron chi connectivity index (χ3n) is 2.61. The van der Waals surface area contributed by atoms with Crippen molar-refractivity contribution in [2.45, 2.75) is 25.9 Å². The monoisotopic (exact) mass is 258 g/mol. The summed E-state index contributed by atoms with van der Waals surface area (Å²) < 4.78 is 0. The van der Waals surface area contributed by atoms with E-state index in [-0.39, 0.29) is 5.92 Å². The van der Waals surface area contributed by atoms with Crippen LogP contribution in [0.25, 0.3) is 0 Å². The fourth-order valence-electron chi connectivity index (χ4n) is 1.71. The first-order chi connectivity index (χ1) is 7.60. The highest BCUT2D eigenvalue weighted by molar-refractivity contribution is 6.35. The van der Waals surface area contributed by atoms with Gasteiger partial charge in [0.2, 0.25) is 0 Å². The zero-order valence-electron chi connectivity index (χ0n) is 9.29. The van der Waals surface area contributed by atoms with Gasteiger partial charge in [0.05, 0.1) is 6.10 Å². The van der Waals surface area contributed by atoms with Crippen molar-refractivity contribution in [3.05, 3.63) is 46.5 Å². The molecule has 0 aliphatic heterocycles. The normalized spacial score (nSPS) is 14.5. The summed E-state index contributed by atoms with van der Waals surface area (Å²) in [7, 11) is 0. The van der Waals surface area contributed by atoms with Gasteiger partial charge in [-0.15, -0.1) is 6.58 Å². The smallest absolute Gasteiger partial charge is 0.0866 e. The molecule has 16 heavy (non-hydrogen) atoms. The molecule has 0 bridgehead atoms. The molecule has 0 unspecified atom stereocenters. The lowest BCUT2D eigenvalue weighted by Gasteiger charge is -2.20. The summed E-state index contributed by atoms with van der Waals surface area (Å²) in [6.07, 6.45) is 3.06. The summed E-state index contributed by atoms with van der Waals surface area (Å²) >= 11 is 11.9. The molecule has 88 valence electrons. The molecule has 0 aliphatic rings. The summed E-state index contributed by atoms with van der Waals surface area (Å²) in [6.45, 7) is 5.82. The molecule has 3 heteroatoms. The van der Waals surface area contributed by atoms with Crippen LogP contribution in [0.1, 0.15) is 31.4 Å². The van der Waals surface area contributed by atoms with E-state index in [1.165, 1.54) is 0 Å². The molecule has 0 aromatic heterocycles. The fraction of sp³-hybridized carbons (Fsp3) is 0.385. The van der Waals surface area contributed by atoms with Crippen molar-refractivity contribution in [1.29, 1.82) is 0 Å². The van der Waals surface area contributed by atoms with E-state index in [2.05, 4.69) is 13.5 Å². The summed E-state index contributed by atoms with van der Waals surface area (Å²) in [5, 5.41) is 11.3. The second-order valence-electron chi connectivity index (χ2n) is 3.80. The maximum absolute atomic E-state index is 10.2. The van der Waals surface area contributed by atoms with Gasteiger partial charge in [0.15, 0.2) is 0 Å². The van der Waals surface area contributed by atoms with Crippen molar-refractivity contribution in [2.24, 2.45) is 5.92 Å². The average molecular weight is 259 g/mol. The van der Waals surface area contributed by atoms with Gasteiger partial charge in [-0.25, -0.2) is 0 Å². The zero-order chi connectivity index (χ0) is 12.1. The van der Waals surface area contributed by atoms with E-state index in [1.807, 2.05) is 0 Å². The lowest BCUT2D eigenvalue weighted by atomic mass is 9.92. The van der Waals surface area contributed by atoms with Crippen molar-refractivity contribution < 1.29 is 5.11 Å². The Labute approximate surface area is 107 Å². The summed E-state index contributed by atoms with van der Waals surface area (Å²) in [4.78, 5) is 0. The predicted molar refractivity (Wildman–Crippen MR) is 70.0 cm³/mol. The third kappa shape index (κ3) is 3.24. The van der Waals surface area contributed by atoms with E-state index in [0.717, 1.165) is 12.8 Å². The van der Waals surface area contributed by atoms with E-state index in [0.29, 0.717) is 15.6 Å². The molecule has 2 atom stereocenters. The standard InChI is InChI=1S/C13H16Cl2O/c1-3-5-9(4-2)13(16)11-7-6-10(14)8-12(11)15/h4,6-9,13,16H,2-3,5H2,1H3/t9-,13-/m0/s1. The molecular weight excluding hydrogens is 243 g/mol. The zero-order valence-corrected chi connectivity index (χ0v) is 10.8. The molecular formula is C13H16Cl2O. The number of halogens is 2. The molecule has 0 amide bonds. The van der Waals surface area contributed by atoms with Gasteiger partial charge in [0, 0.05) is 16.0 Å². The molecule has 0 heterocycles. The Balaban J connectivity index is 2.93. The minimum atomic E-state index is -0.609. The van der Waals surface area contributed by atoms with Crippen LogP contribution >= 0.6 is 23.2 Å². The van der Waals surface area contributed by atoms with Crippen LogP contribution in [0.2, 0.25) is 10.0 Å². The minimum Gasteiger partial charge on any atom is -0.388 e. The molecule has 0 radical (unpaired) electrons. The Morgan fingerprint density at radius 2 is 2.12 bits per heavy atom. The van der Waals surface area contributed by atoms with Crippen molar-refractivity contribution in [2.75, 3.05) is 0 Å². The van der Waals surface area contributed by atoms with Crippen LogP contribution < -0.4 is 0 Å². The van der Waals surface area contributed by atoms with Crippen molar-refractivity contribution in [3.8, 4) is 0 Å². The average Bonchev–Trinajstić information content (AvgIpc) is 2.25. The molecule has 1 nitrogen and oxygen atoms in total. The predicted octanol–water partition coefficient (Wildman–Crippen LogP) is 4.63. The molecule has 1 aromatic rings. The molecule has 1 aromatic carbocycles. The first-order valence-electron chi connectivity index (χ1n) is 5.35. The highest BCUT2D eigenvalue weighted by Gasteiger charge is 2.19. The summed E-state index contributed by atoms with van der Waals surface area (Å²) in [5.74, 6) is 0.0312. The maximum Gasteiger partial charge on any atom is 0.0866 e. The van der Waals surface area contributed by atoms with Gasteiger partial charge < -0.3 is 5.11 Å². The highest BCUT2D eigenvalue weighted by atomic mass is 35.5. The quantitative estimate of drug-likeness (QED) is 0.764. The van der Waals surface area contributed by atoms with Gasteiger partial charge in [-0.1, -0.05) is 48.7 Å². The summed E-state index contributed by atoms with van der Waals surface area (Å²) in [5.41, 5.74) is 0.712. The second kappa shape index (κ2) is 6.29. The van der Waals surface area contributed by atoms with E-state index in [4.69, 9.17) is 23.2 Å². The van der Waals surface area contributed by atoms with Gasteiger partial charge in [0.25, 0.3) is 0 Å². The maximum atomic E-state index is 10.2. The largest absolute Gasteiger partial charge is 0.388 e. The number of hydrogen-bond acceptors (Lipinski definition) is 1. The fourth-order valence-corrected chi connectivity index (χ4v) is 2.23. The molecule has 0 saturated heterocycles. The SMILES string of the molecule is C=C[C@@H](CCC)[C@H](O)c1ccc(Cl)cc1Cl. The van der Waals surface area contributed by atoms with Gasteiger partial charge in [-0.05, 0) is 24.1 Å². The Bertz CT molecular complexity index is 363. The molecule has 0 fully saturated rings. The van der Waals surface area contributed by atoms with E-state index in [1.54, 1.807) is 24.3 Å². The van der Waals surface area contributed by atoms with Gasteiger partial charge in [-0.3, -0.25) is 0 Å². The molecule has 0 spiro atoms. The number of hydrogen-bond donors (Lipinski definition) is 1. The van der Waals surface area contributed by atoms with Crippen LogP contribution in [0, 0.1) is 5.92 Å². The Hall–Kier alpha value is -0.500. The third-order valence-corrected chi connectivity index (χ3v) is 3.17. The van der Waals surface area contributed by atoms with Gasteiger partial charge in [0.1, 0.15) is 0 Å². The van der Waals surface area contributed by atoms with Crippen molar-refractivity contribution in [3.63, 3.8) is 0 Å². The topological polar surface area (TPSA) is 20.2 Å². The lowest BCUT2D eigenvalue weighted by molar-refractivity contribution is 0.126. The van der Waals surface area contributed by atoms with Crippen LogP contribution in [0.15, 0.2) is 30.9 Å². The Morgan fingerprint density at radius 3 is 2.62 bits per heavy atom. The Kier molecular flexibility index (Phi) is 5.33. The highest BCUT2D eigenvalue weighted by Crippen LogP contribution is 2.32. The number of aliphatic hydroxyl groups excluding tert-OH is 1. The molecule has 1 rings (SSSR count). The first-order valence-corrected chi connectivity index (χ1v) is 6.11. The van der Waals surface area contributed by atoms with Crippen LogP contribution in [0.3, 0.4) is 0 Å². The molecule has 0 saturated carbocycles. The number of benzene rings is 1. The molecule has 0 aliphatic carbocycles. The van der Waals surface area contributed by atoms with Crippen LogP contribution in [-0.2, 0) is 0 Å². The number of aliphatic hydroxyl groups is 1. The van der Waals surface area contributed by atoms with E-state index in [9.17, 15) is 5.11 Å². The van der Waals surface area contributed by atoms with Gasteiger partial charge >= 0.3 is 0 Å².